The highest BCUT2D eigenvalue weighted by molar-refractivity contribution is 6.30. The Bertz CT molecular complexity index is 1310. The molecule has 0 radical (unpaired) electrons. The number of fused-ring (bicyclic) bond motifs is 1. The van der Waals surface area contributed by atoms with Crippen LogP contribution in [0.1, 0.15) is 73.0 Å². The zero-order valence-electron chi connectivity index (χ0n) is 22.9. The van der Waals surface area contributed by atoms with Crippen molar-refractivity contribution in [1.82, 2.24) is 15.2 Å². The Labute approximate surface area is 235 Å². The van der Waals surface area contributed by atoms with Crippen molar-refractivity contribution in [2.45, 2.75) is 64.7 Å². The molecule has 8 heteroatoms. The minimum absolute atomic E-state index is 0.0808. The Morgan fingerprint density at radius 1 is 0.949 bits per heavy atom. The molecule has 208 valence electrons. The van der Waals surface area contributed by atoms with Gasteiger partial charge in [-0.3, -0.25) is 19.0 Å². The predicted octanol–water partition coefficient (Wildman–Crippen LogP) is 5.83. The number of rotatable bonds is 12. The predicted molar refractivity (Wildman–Crippen MR) is 155 cm³/mol. The van der Waals surface area contributed by atoms with Gasteiger partial charge in [0.2, 0.25) is 11.8 Å². The summed E-state index contributed by atoms with van der Waals surface area (Å²) in [6.07, 6.45) is 8.40. The smallest absolute Gasteiger partial charge is 0.262 e. The molecule has 4 rings (SSSR count). The lowest BCUT2D eigenvalue weighted by atomic mass is 10.1. The zero-order chi connectivity index (χ0) is 27.8. The van der Waals surface area contributed by atoms with Crippen LogP contribution in [-0.4, -0.2) is 42.5 Å². The van der Waals surface area contributed by atoms with Crippen LogP contribution in [0.25, 0.3) is 10.9 Å². The second-order valence-electron chi connectivity index (χ2n) is 10.3. The number of nitrogens with zero attached hydrogens (tertiary/aromatic N) is 1. The molecule has 0 spiro atoms. The summed E-state index contributed by atoms with van der Waals surface area (Å²) in [6, 6.07) is 12.3. The van der Waals surface area contributed by atoms with Gasteiger partial charge in [-0.2, -0.15) is 0 Å². The number of amides is 2. The molecule has 1 fully saturated rings. The van der Waals surface area contributed by atoms with Crippen LogP contribution >= 0.6 is 11.6 Å². The van der Waals surface area contributed by atoms with E-state index in [0.717, 1.165) is 67.2 Å². The quantitative estimate of drug-likeness (QED) is 0.277. The normalized spacial score (nSPS) is 13.5. The number of aromatic nitrogens is 1. The van der Waals surface area contributed by atoms with E-state index in [-0.39, 0.29) is 30.1 Å². The van der Waals surface area contributed by atoms with Gasteiger partial charge < -0.3 is 15.4 Å². The number of hydrogen-bond donors (Lipinski definition) is 2. The topological polar surface area (TPSA) is 89.4 Å². The first-order valence-corrected chi connectivity index (χ1v) is 14.3. The van der Waals surface area contributed by atoms with Crippen molar-refractivity contribution in [2.24, 2.45) is 5.92 Å². The van der Waals surface area contributed by atoms with Crippen molar-refractivity contribution in [1.29, 1.82) is 0 Å². The highest BCUT2D eigenvalue weighted by Crippen LogP contribution is 2.31. The molecular weight excluding hydrogens is 514 g/mol. The van der Waals surface area contributed by atoms with Crippen LogP contribution < -0.4 is 15.4 Å². The summed E-state index contributed by atoms with van der Waals surface area (Å²) in [5.41, 5.74) is 2.79. The van der Waals surface area contributed by atoms with Gasteiger partial charge in [0.1, 0.15) is 5.75 Å². The van der Waals surface area contributed by atoms with Crippen molar-refractivity contribution >= 4 is 40.2 Å². The molecule has 0 atom stereocenters. The Balaban J connectivity index is 1.31. The molecule has 0 saturated heterocycles. The van der Waals surface area contributed by atoms with E-state index in [1.165, 1.54) is 12.8 Å². The molecule has 0 bridgehead atoms. The first kappa shape index (κ1) is 28.7. The summed E-state index contributed by atoms with van der Waals surface area (Å²) in [5.74, 6) is 0.839. The van der Waals surface area contributed by atoms with Crippen LogP contribution in [0.15, 0.2) is 42.5 Å². The molecular formula is C31H38ClN3O4. The van der Waals surface area contributed by atoms with E-state index in [0.29, 0.717) is 22.9 Å². The summed E-state index contributed by atoms with van der Waals surface area (Å²) < 4.78 is 7.07. The number of methoxy groups -OCH3 is 1. The largest absolute Gasteiger partial charge is 0.497 e. The van der Waals surface area contributed by atoms with E-state index in [2.05, 4.69) is 10.6 Å². The van der Waals surface area contributed by atoms with Crippen molar-refractivity contribution < 1.29 is 19.1 Å². The van der Waals surface area contributed by atoms with Crippen LogP contribution in [-0.2, 0) is 16.0 Å². The molecule has 1 aromatic heterocycles. The molecule has 1 aliphatic rings. The van der Waals surface area contributed by atoms with Gasteiger partial charge in [-0.05, 0) is 80.6 Å². The molecule has 1 heterocycles. The van der Waals surface area contributed by atoms with Gasteiger partial charge in [-0.1, -0.05) is 37.3 Å². The van der Waals surface area contributed by atoms with E-state index in [9.17, 15) is 14.4 Å². The maximum atomic E-state index is 13.4. The van der Waals surface area contributed by atoms with Gasteiger partial charge in [0, 0.05) is 40.7 Å². The molecule has 7 nitrogen and oxygen atoms in total. The van der Waals surface area contributed by atoms with Crippen LogP contribution in [0.3, 0.4) is 0 Å². The van der Waals surface area contributed by atoms with Gasteiger partial charge in [0.15, 0.2) is 0 Å². The number of halogens is 1. The lowest BCUT2D eigenvalue weighted by Gasteiger charge is -2.10. The standard InChI is InChI=1S/C31H38ClN3O4/c1-21-26(20-29(36)33-17-7-3-4-8-18-34-30(37)22-9-5-6-10-22)27-19-25(39-2)15-16-28(27)35(21)31(38)23-11-13-24(32)14-12-23/h11-16,19,22H,3-10,17-18,20H2,1-2H3,(H,33,36)(H,34,37). The maximum absolute atomic E-state index is 13.4. The molecule has 3 aromatic rings. The monoisotopic (exact) mass is 551 g/mol. The van der Waals surface area contributed by atoms with E-state index in [1.54, 1.807) is 35.9 Å². The summed E-state index contributed by atoms with van der Waals surface area (Å²) in [4.78, 5) is 38.4. The molecule has 1 aliphatic carbocycles. The molecule has 2 aromatic carbocycles. The number of benzene rings is 2. The average molecular weight is 552 g/mol. The molecule has 0 aliphatic heterocycles. The van der Waals surface area contributed by atoms with E-state index >= 15 is 0 Å². The maximum Gasteiger partial charge on any atom is 0.262 e. The van der Waals surface area contributed by atoms with Crippen LogP contribution in [0.5, 0.6) is 5.75 Å². The average Bonchev–Trinajstić information content (AvgIpc) is 3.57. The van der Waals surface area contributed by atoms with Gasteiger partial charge in [0.25, 0.3) is 5.91 Å². The Morgan fingerprint density at radius 2 is 1.62 bits per heavy atom. The summed E-state index contributed by atoms with van der Waals surface area (Å²) in [7, 11) is 1.60. The van der Waals surface area contributed by atoms with E-state index in [4.69, 9.17) is 16.3 Å². The summed E-state index contributed by atoms with van der Waals surface area (Å²) in [6.45, 7) is 3.19. The Hall–Kier alpha value is -3.32. The van der Waals surface area contributed by atoms with E-state index in [1.807, 2.05) is 25.1 Å². The van der Waals surface area contributed by atoms with Gasteiger partial charge in [-0.25, -0.2) is 0 Å². The Morgan fingerprint density at radius 3 is 2.28 bits per heavy atom. The molecule has 39 heavy (non-hydrogen) atoms. The molecule has 1 saturated carbocycles. The number of ether oxygens (including phenoxy) is 1. The molecule has 2 N–H and O–H groups in total. The highest BCUT2D eigenvalue weighted by Gasteiger charge is 2.23. The second kappa shape index (κ2) is 13.7. The highest BCUT2D eigenvalue weighted by atomic mass is 35.5. The zero-order valence-corrected chi connectivity index (χ0v) is 23.6. The van der Waals surface area contributed by atoms with Gasteiger partial charge >= 0.3 is 0 Å². The lowest BCUT2D eigenvalue weighted by Crippen LogP contribution is -2.30. The fraction of sp³-hybridized carbons (Fsp3) is 0.452. The third-order valence-corrected chi connectivity index (χ3v) is 7.88. The number of hydrogen-bond acceptors (Lipinski definition) is 4. The number of unbranched alkanes of at least 4 members (excludes halogenated alkanes) is 3. The van der Waals surface area contributed by atoms with Crippen LogP contribution in [0.4, 0.5) is 0 Å². The van der Waals surface area contributed by atoms with Gasteiger partial charge in [-0.15, -0.1) is 0 Å². The van der Waals surface area contributed by atoms with Crippen molar-refractivity contribution in [3.8, 4) is 5.75 Å². The molecule has 2 amide bonds. The first-order valence-electron chi connectivity index (χ1n) is 13.9. The van der Waals surface area contributed by atoms with Crippen molar-refractivity contribution in [2.75, 3.05) is 20.2 Å². The number of nitrogens with one attached hydrogen (secondary N) is 2. The number of carbonyl (C=O) groups is 3. The van der Waals surface area contributed by atoms with E-state index < -0.39 is 0 Å². The fourth-order valence-corrected chi connectivity index (χ4v) is 5.52. The van der Waals surface area contributed by atoms with Crippen molar-refractivity contribution in [3.63, 3.8) is 0 Å². The third-order valence-electron chi connectivity index (χ3n) is 7.62. The fourth-order valence-electron chi connectivity index (χ4n) is 5.39. The van der Waals surface area contributed by atoms with Crippen LogP contribution in [0, 0.1) is 12.8 Å². The van der Waals surface area contributed by atoms with Crippen molar-refractivity contribution in [3.05, 3.63) is 64.3 Å². The second-order valence-corrected chi connectivity index (χ2v) is 10.7. The summed E-state index contributed by atoms with van der Waals surface area (Å²) in [5, 5.41) is 7.47. The first-order chi connectivity index (χ1) is 18.9. The summed E-state index contributed by atoms with van der Waals surface area (Å²) >= 11 is 6.01. The SMILES string of the molecule is COc1ccc2c(c1)c(CC(=O)NCCCCCCNC(=O)C1CCCC1)c(C)n2C(=O)c1ccc(Cl)cc1. The lowest BCUT2D eigenvalue weighted by molar-refractivity contribution is -0.124. The minimum Gasteiger partial charge on any atom is -0.497 e. The Kier molecular flexibility index (Phi) is 10.0. The van der Waals surface area contributed by atoms with Gasteiger partial charge in [0.05, 0.1) is 19.0 Å². The number of carbonyl (C=O) groups excluding carboxylic acids is 3. The minimum atomic E-state index is -0.176. The van der Waals surface area contributed by atoms with Crippen LogP contribution in [0.2, 0.25) is 5.02 Å². The molecule has 0 unspecified atom stereocenters. The third kappa shape index (κ3) is 7.21.